The van der Waals surface area contributed by atoms with Gasteiger partial charge in [0.1, 0.15) is 17.4 Å². The Bertz CT molecular complexity index is 1430. The topological polar surface area (TPSA) is 90.9 Å². The first-order valence-electron chi connectivity index (χ1n) is 10.7. The lowest BCUT2D eigenvalue weighted by Crippen LogP contribution is -2.24. The van der Waals surface area contributed by atoms with Gasteiger partial charge in [-0.05, 0) is 43.9 Å². The first-order chi connectivity index (χ1) is 16.4. The average Bonchev–Trinajstić information content (AvgIpc) is 3.19. The Morgan fingerprint density at radius 2 is 1.88 bits per heavy atom. The van der Waals surface area contributed by atoms with Gasteiger partial charge in [0.15, 0.2) is 0 Å². The van der Waals surface area contributed by atoms with E-state index in [4.69, 9.17) is 0 Å². The summed E-state index contributed by atoms with van der Waals surface area (Å²) in [6.45, 7) is 0.691. The van der Waals surface area contributed by atoms with Gasteiger partial charge in [-0.15, -0.1) is 0 Å². The molecule has 0 radical (unpaired) electrons. The van der Waals surface area contributed by atoms with Crippen molar-refractivity contribution in [2.45, 2.75) is 0 Å². The molecule has 0 saturated heterocycles. The molecule has 34 heavy (non-hydrogen) atoms. The molecule has 0 N–H and O–H groups in total. The SMILES string of the molecule is CN(C)C/C=C/C(=O)N(C)c1cncc(-c2cnc3c(c2)c(-c2ccnc(C#N)c2)cn3C)c1. The van der Waals surface area contributed by atoms with Gasteiger partial charge in [-0.2, -0.15) is 5.26 Å². The van der Waals surface area contributed by atoms with Crippen molar-refractivity contribution in [2.24, 2.45) is 7.05 Å². The Morgan fingerprint density at radius 1 is 1.09 bits per heavy atom. The summed E-state index contributed by atoms with van der Waals surface area (Å²) in [6.07, 6.45) is 12.3. The number of nitrogens with zero attached hydrogens (tertiary/aromatic N) is 7. The zero-order chi connectivity index (χ0) is 24.2. The molecule has 4 rings (SSSR count). The first-order valence-corrected chi connectivity index (χ1v) is 10.7. The Hall–Kier alpha value is -4.35. The minimum atomic E-state index is -0.120. The summed E-state index contributed by atoms with van der Waals surface area (Å²) in [5.74, 6) is -0.120. The number of nitriles is 1. The molecule has 0 aliphatic rings. The fourth-order valence-corrected chi connectivity index (χ4v) is 3.68. The maximum absolute atomic E-state index is 12.6. The van der Waals surface area contributed by atoms with Crippen molar-refractivity contribution in [3.63, 3.8) is 0 Å². The average molecular weight is 452 g/mol. The Morgan fingerprint density at radius 3 is 2.65 bits per heavy atom. The molecular formula is C26H25N7O. The number of aryl methyl sites for hydroxylation is 1. The molecule has 170 valence electrons. The van der Waals surface area contributed by atoms with Crippen molar-refractivity contribution in [2.75, 3.05) is 32.6 Å². The van der Waals surface area contributed by atoms with Gasteiger partial charge in [-0.1, -0.05) is 6.08 Å². The van der Waals surface area contributed by atoms with E-state index in [2.05, 4.69) is 27.1 Å². The third-order valence-corrected chi connectivity index (χ3v) is 5.51. The van der Waals surface area contributed by atoms with Gasteiger partial charge in [-0.25, -0.2) is 9.97 Å². The molecule has 0 atom stereocenters. The predicted molar refractivity (Wildman–Crippen MR) is 133 cm³/mol. The normalized spacial score (nSPS) is 11.3. The van der Waals surface area contributed by atoms with Crippen LogP contribution >= 0.6 is 0 Å². The summed E-state index contributed by atoms with van der Waals surface area (Å²) >= 11 is 0. The standard InChI is InChI=1S/C26H25N7O/c1-31(2)9-5-6-25(34)33(4)22-11-19(14-28-16-22)20-12-23-24(17-32(3)26(23)30-15-20)18-7-8-29-21(10-18)13-27/h5-8,10-12,14-17H,9H2,1-4H3/b6-5+. The molecule has 0 fully saturated rings. The summed E-state index contributed by atoms with van der Waals surface area (Å²) in [6, 6.07) is 9.73. The van der Waals surface area contributed by atoms with Gasteiger partial charge in [0, 0.05) is 73.6 Å². The van der Waals surface area contributed by atoms with Crippen molar-refractivity contribution in [1.29, 1.82) is 5.26 Å². The second-order valence-electron chi connectivity index (χ2n) is 8.28. The Labute approximate surface area is 198 Å². The van der Waals surface area contributed by atoms with Crippen molar-refractivity contribution >= 4 is 22.6 Å². The number of fused-ring (bicyclic) bond motifs is 1. The lowest BCUT2D eigenvalue weighted by atomic mass is 10.0. The van der Waals surface area contributed by atoms with Gasteiger partial charge in [-0.3, -0.25) is 9.78 Å². The predicted octanol–water partition coefficient (Wildman–Crippen LogP) is 3.65. The van der Waals surface area contributed by atoms with Crippen molar-refractivity contribution in [1.82, 2.24) is 24.4 Å². The molecule has 4 heterocycles. The lowest BCUT2D eigenvalue weighted by Gasteiger charge is -2.16. The minimum Gasteiger partial charge on any atom is -0.335 e. The van der Waals surface area contributed by atoms with Crippen LogP contribution in [-0.2, 0) is 11.8 Å². The van der Waals surface area contributed by atoms with E-state index < -0.39 is 0 Å². The van der Waals surface area contributed by atoms with Crippen LogP contribution < -0.4 is 4.90 Å². The maximum Gasteiger partial charge on any atom is 0.250 e. The molecule has 4 aromatic heterocycles. The van der Waals surface area contributed by atoms with Gasteiger partial charge in [0.05, 0.1) is 11.9 Å². The Kier molecular flexibility index (Phi) is 6.48. The minimum absolute atomic E-state index is 0.120. The lowest BCUT2D eigenvalue weighted by molar-refractivity contribution is -0.113. The van der Waals surface area contributed by atoms with E-state index in [1.54, 1.807) is 48.9 Å². The molecule has 8 heteroatoms. The van der Waals surface area contributed by atoms with Crippen LogP contribution in [0.3, 0.4) is 0 Å². The molecule has 0 saturated carbocycles. The van der Waals surface area contributed by atoms with E-state index in [9.17, 15) is 10.1 Å². The van der Waals surface area contributed by atoms with E-state index in [1.807, 2.05) is 55.0 Å². The second kappa shape index (κ2) is 9.65. The highest BCUT2D eigenvalue weighted by atomic mass is 16.2. The van der Waals surface area contributed by atoms with Crippen molar-refractivity contribution < 1.29 is 4.79 Å². The molecule has 0 unspecified atom stereocenters. The molecule has 0 spiro atoms. The highest BCUT2D eigenvalue weighted by Gasteiger charge is 2.14. The number of amides is 1. The fraction of sp³-hybridized carbons (Fsp3) is 0.192. The molecule has 8 nitrogen and oxygen atoms in total. The number of hydrogen-bond donors (Lipinski definition) is 0. The fourth-order valence-electron chi connectivity index (χ4n) is 3.68. The zero-order valence-corrected chi connectivity index (χ0v) is 19.6. The summed E-state index contributed by atoms with van der Waals surface area (Å²) < 4.78 is 1.96. The van der Waals surface area contributed by atoms with E-state index in [0.29, 0.717) is 17.9 Å². The molecule has 1 amide bonds. The van der Waals surface area contributed by atoms with Crippen LogP contribution in [0.15, 0.2) is 67.4 Å². The number of pyridine rings is 3. The largest absolute Gasteiger partial charge is 0.335 e. The smallest absolute Gasteiger partial charge is 0.250 e. The quantitative estimate of drug-likeness (QED) is 0.416. The monoisotopic (exact) mass is 451 g/mol. The highest BCUT2D eigenvalue weighted by Crippen LogP contribution is 2.33. The number of anilines is 1. The molecule has 0 bridgehead atoms. The van der Waals surface area contributed by atoms with Crippen LogP contribution in [0, 0.1) is 11.3 Å². The number of likely N-dealkylation sites (N-methyl/N-ethyl adjacent to an activating group) is 2. The molecular weight excluding hydrogens is 426 g/mol. The third-order valence-electron chi connectivity index (χ3n) is 5.51. The van der Waals surface area contributed by atoms with Gasteiger partial charge in [0.2, 0.25) is 5.91 Å². The van der Waals surface area contributed by atoms with Crippen LogP contribution in [0.2, 0.25) is 0 Å². The summed E-state index contributed by atoms with van der Waals surface area (Å²) in [5.41, 5.74) is 5.49. The second-order valence-corrected chi connectivity index (χ2v) is 8.28. The van der Waals surface area contributed by atoms with E-state index in [1.165, 1.54) is 0 Å². The van der Waals surface area contributed by atoms with Crippen LogP contribution in [0.25, 0.3) is 33.3 Å². The summed E-state index contributed by atoms with van der Waals surface area (Å²) in [7, 11) is 7.58. The molecule has 0 aromatic carbocycles. The van der Waals surface area contributed by atoms with Gasteiger partial charge >= 0.3 is 0 Å². The molecule has 4 aromatic rings. The van der Waals surface area contributed by atoms with Gasteiger partial charge < -0.3 is 14.4 Å². The van der Waals surface area contributed by atoms with Gasteiger partial charge in [0.25, 0.3) is 0 Å². The first kappa shape index (κ1) is 22.8. The van der Waals surface area contributed by atoms with Crippen molar-refractivity contribution in [3.05, 3.63) is 73.1 Å². The highest BCUT2D eigenvalue weighted by molar-refractivity contribution is 6.01. The van der Waals surface area contributed by atoms with Crippen LogP contribution in [0.1, 0.15) is 5.69 Å². The van der Waals surface area contributed by atoms with Crippen LogP contribution in [-0.4, -0.2) is 58.0 Å². The number of hydrogen-bond acceptors (Lipinski definition) is 6. The molecule has 0 aliphatic heterocycles. The summed E-state index contributed by atoms with van der Waals surface area (Å²) in [4.78, 5) is 29.2. The third kappa shape index (κ3) is 4.70. The van der Waals surface area contributed by atoms with Crippen LogP contribution in [0.4, 0.5) is 5.69 Å². The van der Waals surface area contributed by atoms with E-state index >= 15 is 0 Å². The number of aromatic nitrogens is 4. The van der Waals surface area contributed by atoms with E-state index in [0.717, 1.165) is 33.3 Å². The maximum atomic E-state index is 12.6. The zero-order valence-electron chi connectivity index (χ0n) is 19.6. The van der Waals surface area contributed by atoms with Crippen molar-refractivity contribution in [3.8, 4) is 28.3 Å². The molecule has 0 aliphatic carbocycles. The number of carbonyl (C=O) groups excluding carboxylic acids is 1. The number of carbonyl (C=O) groups is 1. The Balaban J connectivity index is 1.70. The number of rotatable bonds is 6. The van der Waals surface area contributed by atoms with Crippen LogP contribution in [0.5, 0.6) is 0 Å². The summed E-state index contributed by atoms with van der Waals surface area (Å²) in [5, 5.41) is 10.2. The van der Waals surface area contributed by atoms with E-state index in [-0.39, 0.29) is 5.91 Å².